The van der Waals surface area contributed by atoms with E-state index >= 15 is 0 Å². The molecular weight excluding hydrogens is 250 g/mol. The number of benzene rings is 1. The number of likely N-dealkylation sites (tertiary alicyclic amines) is 1. The molecule has 1 atom stereocenters. The molecule has 0 saturated carbocycles. The highest BCUT2D eigenvalue weighted by Gasteiger charge is 2.37. The minimum atomic E-state index is -0.729. The lowest BCUT2D eigenvalue weighted by Crippen LogP contribution is -2.43. The van der Waals surface area contributed by atoms with Gasteiger partial charge in [0, 0.05) is 0 Å². The number of carboxylic acids is 1. The van der Waals surface area contributed by atoms with Gasteiger partial charge in [-0.2, -0.15) is 0 Å². The molecule has 1 aromatic rings. The Morgan fingerprint density at radius 3 is 2.25 bits per heavy atom. The van der Waals surface area contributed by atoms with E-state index in [4.69, 9.17) is 0 Å². The van der Waals surface area contributed by atoms with E-state index in [9.17, 15) is 9.90 Å². The zero-order valence-corrected chi connectivity index (χ0v) is 12.7. The second kappa shape index (κ2) is 5.96. The van der Waals surface area contributed by atoms with Crippen LogP contribution in [0.4, 0.5) is 0 Å². The Kier molecular flexibility index (Phi) is 4.48. The molecule has 2 rings (SSSR count). The number of hydrogen-bond acceptors (Lipinski definition) is 2. The number of hydrogen-bond donors (Lipinski definition) is 1. The molecule has 3 nitrogen and oxygen atoms in total. The summed E-state index contributed by atoms with van der Waals surface area (Å²) >= 11 is 0. The Morgan fingerprint density at radius 2 is 1.80 bits per heavy atom. The number of aliphatic carboxylic acids is 1. The molecule has 110 valence electrons. The van der Waals surface area contributed by atoms with Gasteiger partial charge in [0.15, 0.2) is 0 Å². The van der Waals surface area contributed by atoms with Crippen molar-refractivity contribution in [1.29, 1.82) is 0 Å². The molecule has 1 aromatic carbocycles. The molecule has 1 heterocycles. The van der Waals surface area contributed by atoms with Crippen molar-refractivity contribution in [2.75, 3.05) is 13.1 Å². The van der Waals surface area contributed by atoms with E-state index in [0.29, 0.717) is 5.92 Å². The van der Waals surface area contributed by atoms with Crippen LogP contribution in [0.25, 0.3) is 0 Å². The molecule has 1 unspecified atom stereocenters. The third kappa shape index (κ3) is 3.04. The summed E-state index contributed by atoms with van der Waals surface area (Å²) in [6.45, 7) is 8.40. The Labute approximate surface area is 121 Å². The third-order valence-electron chi connectivity index (χ3n) is 4.50. The van der Waals surface area contributed by atoms with Crippen LogP contribution in [0.5, 0.6) is 0 Å². The summed E-state index contributed by atoms with van der Waals surface area (Å²) in [6.07, 6.45) is 2.49. The fourth-order valence-corrected chi connectivity index (χ4v) is 3.13. The number of rotatable bonds is 5. The van der Waals surface area contributed by atoms with Crippen LogP contribution in [0.2, 0.25) is 0 Å². The molecule has 0 aromatic heterocycles. The lowest BCUT2D eigenvalue weighted by Gasteiger charge is -2.38. The van der Waals surface area contributed by atoms with E-state index in [1.54, 1.807) is 0 Å². The quantitative estimate of drug-likeness (QED) is 0.892. The van der Waals surface area contributed by atoms with Crippen molar-refractivity contribution in [3.8, 4) is 0 Å². The van der Waals surface area contributed by atoms with Crippen molar-refractivity contribution >= 4 is 5.97 Å². The van der Waals surface area contributed by atoms with Crippen LogP contribution in [0.15, 0.2) is 24.3 Å². The van der Waals surface area contributed by atoms with E-state index in [-0.39, 0.29) is 6.42 Å². The SMILES string of the molecule is CC(C)c1ccc(C(C)(CC(=O)O)N2CCCC2)cc1. The molecule has 1 saturated heterocycles. The average molecular weight is 275 g/mol. The first kappa shape index (κ1) is 15.0. The van der Waals surface area contributed by atoms with Gasteiger partial charge < -0.3 is 5.11 Å². The van der Waals surface area contributed by atoms with Crippen molar-refractivity contribution in [3.63, 3.8) is 0 Å². The average Bonchev–Trinajstić information content (AvgIpc) is 2.92. The molecule has 0 amide bonds. The minimum Gasteiger partial charge on any atom is -0.481 e. The third-order valence-corrected chi connectivity index (χ3v) is 4.50. The summed E-state index contributed by atoms with van der Waals surface area (Å²) in [6, 6.07) is 8.49. The topological polar surface area (TPSA) is 40.5 Å². The van der Waals surface area contributed by atoms with Crippen LogP contribution in [-0.2, 0) is 10.3 Å². The Hall–Kier alpha value is -1.35. The second-order valence-electron chi connectivity index (χ2n) is 6.32. The van der Waals surface area contributed by atoms with Crippen molar-refractivity contribution < 1.29 is 9.90 Å². The second-order valence-corrected chi connectivity index (χ2v) is 6.32. The molecule has 1 aliphatic heterocycles. The number of nitrogens with zero attached hydrogens (tertiary/aromatic N) is 1. The first-order valence-corrected chi connectivity index (χ1v) is 7.51. The zero-order valence-electron chi connectivity index (χ0n) is 12.7. The molecule has 1 N–H and O–H groups in total. The van der Waals surface area contributed by atoms with Crippen LogP contribution in [0.1, 0.15) is 57.1 Å². The molecule has 1 aliphatic rings. The van der Waals surface area contributed by atoms with Gasteiger partial charge in [0.25, 0.3) is 0 Å². The van der Waals surface area contributed by atoms with Gasteiger partial charge >= 0.3 is 5.97 Å². The van der Waals surface area contributed by atoms with Crippen molar-refractivity contribution in [3.05, 3.63) is 35.4 Å². The Balaban J connectivity index is 2.32. The van der Waals surface area contributed by atoms with Crippen LogP contribution < -0.4 is 0 Å². The van der Waals surface area contributed by atoms with Crippen molar-refractivity contribution in [1.82, 2.24) is 4.90 Å². The highest BCUT2D eigenvalue weighted by Crippen LogP contribution is 2.35. The molecule has 3 heteroatoms. The van der Waals surface area contributed by atoms with E-state index in [1.165, 1.54) is 18.4 Å². The van der Waals surface area contributed by atoms with Crippen LogP contribution in [0, 0.1) is 0 Å². The van der Waals surface area contributed by atoms with Gasteiger partial charge in [-0.05, 0) is 49.9 Å². The zero-order chi connectivity index (χ0) is 14.8. The predicted octanol–water partition coefficient (Wildman–Crippen LogP) is 3.60. The smallest absolute Gasteiger partial charge is 0.305 e. The maximum absolute atomic E-state index is 11.3. The lowest BCUT2D eigenvalue weighted by molar-refractivity contribution is -0.140. The van der Waals surface area contributed by atoms with Crippen LogP contribution in [-0.4, -0.2) is 29.1 Å². The highest BCUT2D eigenvalue weighted by atomic mass is 16.4. The fourth-order valence-electron chi connectivity index (χ4n) is 3.13. The van der Waals surface area contributed by atoms with Crippen molar-refractivity contribution in [2.45, 2.75) is 51.5 Å². The predicted molar refractivity (Wildman–Crippen MR) is 80.9 cm³/mol. The van der Waals surface area contributed by atoms with Gasteiger partial charge in [0.1, 0.15) is 0 Å². The van der Waals surface area contributed by atoms with E-state index in [2.05, 4.69) is 49.9 Å². The monoisotopic (exact) mass is 275 g/mol. The molecular formula is C17H25NO2. The van der Waals surface area contributed by atoms with Gasteiger partial charge in [-0.25, -0.2) is 0 Å². The summed E-state index contributed by atoms with van der Waals surface area (Å²) in [5.41, 5.74) is 2.02. The minimum absolute atomic E-state index is 0.161. The van der Waals surface area contributed by atoms with Crippen LogP contribution >= 0.6 is 0 Å². The summed E-state index contributed by atoms with van der Waals surface area (Å²) in [5, 5.41) is 9.29. The molecule has 20 heavy (non-hydrogen) atoms. The van der Waals surface area contributed by atoms with Gasteiger partial charge in [-0.1, -0.05) is 38.1 Å². The summed E-state index contributed by atoms with van der Waals surface area (Å²) in [5.74, 6) is -0.228. The Bertz CT molecular complexity index is 460. The van der Waals surface area contributed by atoms with E-state index in [1.807, 2.05) is 0 Å². The maximum atomic E-state index is 11.3. The molecule has 0 radical (unpaired) electrons. The maximum Gasteiger partial charge on any atom is 0.305 e. The van der Waals surface area contributed by atoms with E-state index in [0.717, 1.165) is 18.7 Å². The summed E-state index contributed by atoms with van der Waals surface area (Å²) < 4.78 is 0. The molecule has 0 aliphatic carbocycles. The Morgan fingerprint density at radius 1 is 1.25 bits per heavy atom. The van der Waals surface area contributed by atoms with Crippen LogP contribution in [0.3, 0.4) is 0 Å². The number of carboxylic acid groups (broad SMARTS) is 1. The normalized spacial score (nSPS) is 19.2. The molecule has 0 bridgehead atoms. The van der Waals surface area contributed by atoms with E-state index < -0.39 is 11.5 Å². The summed E-state index contributed by atoms with van der Waals surface area (Å²) in [7, 11) is 0. The number of carbonyl (C=O) groups is 1. The first-order chi connectivity index (χ1) is 9.43. The fraction of sp³-hybridized carbons (Fsp3) is 0.588. The molecule has 1 fully saturated rings. The highest BCUT2D eigenvalue weighted by molar-refractivity contribution is 5.69. The van der Waals surface area contributed by atoms with Gasteiger partial charge in [-0.15, -0.1) is 0 Å². The van der Waals surface area contributed by atoms with Gasteiger partial charge in [0.05, 0.1) is 12.0 Å². The largest absolute Gasteiger partial charge is 0.481 e. The first-order valence-electron chi connectivity index (χ1n) is 7.51. The lowest BCUT2D eigenvalue weighted by atomic mass is 9.85. The summed E-state index contributed by atoms with van der Waals surface area (Å²) in [4.78, 5) is 13.6. The van der Waals surface area contributed by atoms with Gasteiger partial charge in [0.2, 0.25) is 0 Å². The molecule has 0 spiro atoms. The van der Waals surface area contributed by atoms with Gasteiger partial charge in [-0.3, -0.25) is 9.69 Å². The standard InChI is InChI=1S/C17H25NO2/c1-13(2)14-6-8-15(9-7-14)17(3,12-16(19)20)18-10-4-5-11-18/h6-9,13H,4-5,10-12H2,1-3H3,(H,19,20). The van der Waals surface area contributed by atoms with Crippen molar-refractivity contribution in [2.24, 2.45) is 0 Å².